The van der Waals surface area contributed by atoms with Crippen LogP contribution in [-0.2, 0) is 0 Å². The lowest BCUT2D eigenvalue weighted by Crippen LogP contribution is -2.65. The maximum Gasteiger partial charge on any atom is 0.157 e. The van der Waals surface area contributed by atoms with E-state index in [2.05, 4.69) is 27.7 Å². The van der Waals surface area contributed by atoms with Crippen LogP contribution in [0, 0.1) is 23.2 Å². The van der Waals surface area contributed by atoms with Crippen molar-refractivity contribution in [2.24, 2.45) is 23.2 Å². The van der Waals surface area contributed by atoms with Gasteiger partial charge in [-0.1, -0.05) is 27.7 Å². The lowest BCUT2D eigenvalue weighted by molar-refractivity contribution is -0.199. The summed E-state index contributed by atoms with van der Waals surface area (Å²) < 4.78 is 6.57. The number of hydrogen-bond acceptors (Lipinski definition) is 5. The van der Waals surface area contributed by atoms with Crippen molar-refractivity contribution in [2.45, 2.75) is 71.3 Å². The van der Waals surface area contributed by atoms with E-state index in [1.54, 1.807) is 0 Å². The van der Waals surface area contributed by atoms with Crippen molar-refractivity contribution < 1.29 is 24.5 Å². The zero-order chi connectivity index (χ0) is 20.4. The normalized spacial score (nSPS) is 32.4. The molecule has 1 aromatic rings. The summed E-state index contributed by atoms with van der Waals surface area (Å²) in [5.41, 5.74) is 0.0839. The van der Waals surface area contributed by atoms with Crippen LogP contribution in [0.3, 0.4) is 0 Å². The molecule has 5 rings (SSSR count). The second-order valence-corrected chi connectivity index (χ2v) is 10.0. The van der Waals surface area contributed by atoms with Gasteiger partial charge in [0.15, 0.2) is 12.6 Å². The van der Waals surface area contributed by atoms with Crippen LogP contribution in [0.2, 0.25) is 0 Å². The van der Waals surface area contributed by atoms with E-state index in [1.807, 2.05) is 0 Å². The van der Waals surface area contributed by atoms with Crippen molar-refractivity contribution in [3.8, 4) is 17.2 Å². The Morgan fingerprint density at radius 2 is 1.82 bits per heavy atom. The molecule has 0 aromatic heterocycles. The van der Waals surface area contributed by atoms with Crippen molar-refractivity contribution >= 4 is 12.6 Å². The Morgan fingerprint density at radius 1 is 1.14 bits per heavy atom. The van der Waals surface area contributed by atoms with Gasteiger partial charge in [-0.25, -0.2) is 0 Å². The third-order valence-corrected chi connectivity index (χ3v) is 7.83. The fourth-order valence-corrected chi connectivity index (χ4v) is 6.36. The monoisotopic (exact) mass is 386 g/mol. The number of ether oxygens (including phenoxy) is 1. The predicted molar refractivity (Wildman–Crippen MR) is 105 cm³/mol. The molecule has 0 amide bonds. The summed E-state index contributed by atoms with van der Waals surface area (Å²) in [6.45, 7) is 8.86. The van der Waals surface area contributed by atoms with E-state index < -0.39 is 5.75 Å². The summed E-state index contributed by atoms with van der Waals surface area (Å²) in [6.07, 6.45) is 5.69. The molecule has 4 atom stereocenters. The number of fused-ring (bicyclic) bond motifs is 2. The second kappa shape index (κ2) is 6.23. The van der Waals surface area contributed by atoms with Crippen LogP contribution in [0.5, 0.6) is 17.2 Å². The molecule has 4 aliphatic rings. The SMILES string of the molecule is CC(C)C[C@@H]1C[C@@]2(CC[C@@H]3C[C@H]2C3(C)C)Oc2c(C=O)c(O)c(C=O)c(O)c21. The summed E-state index contributed by atoms with van der Waals surface area (Å²) in [4.78, 5) is 23.4. The molecule has 1 aromatic carbocycles. The van der Waals surface area contributed by atoms with E-state index in [4.69, 9.17) is 4.74 Å². The Bertz CT molecular complexity index is 838. The number of hydrogen-bond donors (Lipinski definition) is 2. The van der Waals surface area contributed by atoms with Crippen LogP contribution in [0.1, 0.15) is 92.0 Å². The molecule has 3 fully saturated rings. The largest absolute Gasteiger partial charge is 0.507 e. The average molecular weight is 386 g/mol. The number of phenols is 2. The Kier molecular flexibility index (Phi) is 4.29. The van der Waals surface area contributed by atoms with E-state index in [9.17, 15) is 19.8 Å². The standard InChI is InChI=1S/C23H30O5/c1-12(2)7-13-9-23(6-5-14-8-17(23)22(14,3)4)28-21-16(11-25)19(26)15(10-24)20(27)18(13)21/h10-14,17,26-27H,5-9H2,1-4H3/t13-,14-,17+,23-/m1/s1. The number of carbonyl (C=O) groups is 2. The smallest absolute Gasteiger partial charge is 0.157 e. The Labute approximate surface area is 166 Å². The molecule has 2 N–H and O–H groups in total. The third-order valence-electron chi connectivity index (χ3n) is 7.83. The molecule has 5 heteroatoms. The molecule has 5 nitrogen and oxygen atoms in total. The van der Waals surface area contributed by atoms with Gasteiger partial charge in [0.25, 0.3) is 0 Å². The van der Waals surface area contributed by atoms with Crippen molar-refractivity contribution in [1.29, 1.82) is 0 Å². The van der Waals surface area contributed by atoms with Crippen LogP contribution in [0.4, 0.5) is 0 Å². The van der Waals surface area contributed by atoms with Gasteiger partial charge in [0, 0.05) is 11.5 Å². The van der Waals surface area contributed by atoms with Gasteiger partial charge >= 0.3 is 0 Å². The molecule has 152 valence electrons. The van der Waals surface area contributed by atoms with Gasteiger partial charge in [0.2, 0.25) is 0 Å². The fourth-order valence-electron chi connectivity index (χ4n) is 6.36. The molecule has 0 unspecified atom stereocenters. The number of aromatic hydroxyl groups is 2. The molecule has 28 heavy (non-hydrogen) atoms. The van der Waals surface area contributed by atoms with Gasteiger partial charge in [0.1, 0.15) is 22.8 Å². The minimum absolute atomic E-state index is 0.0121. The van der Waals surface area contributed by atoms with E-state index in [-0.39, 0.29) is 39.6 Å². The molecule has 0 radical (unpaired) electrons. The van der Waals surface area contributed by atoms with Crippen LogP contribution in [0.15, 0.2) is 0 Å². The first kappa shape index (κ1) is 19.3. The molecule has 1 spiro atoms. The molecule has 3 saturated carbocycles. The fraction of sp³-hybridized carbons (Fsp3) is 0.652. The molecule has 3 aliphatic carbocycles. The Hall–Kier alpha value is -2.04. The lowest BCUT2D eigenvalue weighted by atomic mass is 9.42. The average Bonchev–Trinajstić information content (AvgIpc) is 2.61. The minimum Gasteiger partial charge on any atom is -0.507 e. The zero-order valence-electron chi connectivity index (χ0n) is 17.1. The first-order valence-electron chi connectivity index (χ1n) is 10.4. The topological polar surface area (TPSA) is 83.8 Å². The molecule has 1 heterocycles. The van der Waals surface area contributed by atoms with E-state index >= 15 is 0 Å². The van der Waals surface area contributed by atoms with Crippen molar-refractivity contribution in [3.63, 3.8) is 0 Å². The second-order valence-electron chi connectivity index (χ2n) is 10.0. The predicted octanol–water partition coefficient (Wildman–Crippen LogP) is 4.83. The quantitative estimate of drug-likeness (QED) is 0.724. The highest BCUT2D eigenvalue weighted by atomic mass is 16.5. The lowest BCUT2D eigenvalue weighted by Gasteiger charge is -2.66. The number of rotatable bonds is 4. The molecular formula is C23H30O5. The van der Waals surface area contributed by atoms with Gasteiger partial charge < -0.3 is 14.9 Å². The highest BCUT2D eigenvalue weighted by Gasteiger charge is 2.64. The number of aldehydes is 2. The van der Waals surface area contributed by atoms with Crippen LogP contribution in [0.25, 0.3) is 0 Å². The summed E-state index contributed by atoms with van der Waals surface area (Å²) in [5.74, 6) is 1.02. The maximum atomic E-state index is 11.9. The Morgan fingerprint density at radius 3 is 2.36 bits per heavy atom. The first-order valence-corrected chi connectivity index (χ1v) is 10.4. The third kappa shape index (κ3) is 2.44. The van der Waals surface area contributed by atoms with Crippen molar-refractivity contribution in [2.75, 3.05) is 0 Å². The minimum atomic E-state index is -0.483. The van der Waals surface area contributed by atoms with Crippen LogP contribution >= 0.6 is 0 Å². The van der Waals surface area contributed by atoms with Gasteiger partial charge in [-0.15, -0.1) is 0 Å². The maximum absolute atomic E-state index is 11.9. The summed E-state index contributed by atoms with van der Waals surface area (Å²) in [6, 6.07) is 0. The van der Waals surface area contributed by atoms with Gasteiger partial charge in [-0.05, 0) is 55.3 Å². The number of phenolic OH excluding ortho intramolecular Hbond substituents is 2. The van der Waals surface area contributed by atoms with E-state index in [0.29, 0.717) is 35.9 Å². The number of carbonyl (C=O) groups excluding carboxylic acids is 2. The van der Waals surface area contributed by atoms with Crippen LogP contribution in [-0.4, -0.2) is 28.4 Å². The molecular weight excluding hydrogens is 356 g/mol. The van der Waals surface area contributed by atoms with Gasteiger partial charge in [0.05, 0.1) is 11.1 Å². The van der Waals surface area contributed by atoms with Gasteiger partial charge in [-0.2, -0.15) is 0 Å². The highest BCUT2D eigenvalue weighted by Crippen LogP contribution is 2.67. The van der Waals surface area contributed by atoms with Gasteiger partial charge in [-0.3, -0.25) is 9.59 Å². The number of benzene rings is 1. The summed E-state index contributed by atoms with van der Waals surface area (Å²) in [7, 11) is 0. The highest BCUT2D eigenvalue weighted by molar-refractivity contribution is 5.95. The van der Waals surface area contributed by atoms with E-state index in [0.717, 1.165) is 32.1 Å². The van der Waals surface area contributed by atoms with E-state index in [1.165, 1.54) is 0 Å². The molecule has 2 bridgehead atoms. The van der Waals surface area contributed by atoms with Crippen molar-refractivity contribution in [1.82, 2.24) is 0 Å². The van der Waals surface area contributed by atoms with Crippen molar-refractivity contribution in [3.05, 3.63) is 16.7 Å². The zero-order valence-corrected chi connectivity index (χ0v) is 17.1. The molecule has 0 saturated heterocycles. The van der Waals surface area contributed by atoms with Crippen LogP contribution < -0.4 is 4.74 Å². The first-order chi connectivity index (χ1) is 13.2. The molecule has 1 aliphatic heterocycles. The Balaban J connectivity index is 1.91. The summed E-state index contributed by atoms with van der Waals surface area (Å²) in [5, 5.41) is 21.3. The summed E-state index contributed by atoms with van der Waals surface area (Å²) >= 11 is 0.